The highest BCUT2D eigenvalue weighted by Gasteiger charge is 2.14. The summed E-state index contributed by atoms with van der Waals surface area (Å²) in [6.07, 6.45) is 0.412. The fourth-order valence-electron chi connectivity index (χ4n) is 1.75. The number of hydrogen-bond donors (Lipinski definition) is 0. The van der Waals surface area contributed by atoms with E-state index < -0.39 is 0 Å². The van der Waals surface area contributed by atoms with E-state index in [9.17, 15) is 9.59 Å². The molecule has 110 valence electrons. The van der Waals surface area contributed by atoms with Crippen molar-refractivity contribution in [3.63, 3.8) is 0 Å². The van der Waals surface area contributed by atoms with Gasteiger partial charge in [0.1, 0.15) is 11.5 Å². The number of thiophene rings is 1. The van der Waals surface area contributed by atoms with Crippen LogP contribution in [0.2, 0.25) is 0 Å². The first kappa shape index (κ1) is 16.4. The predicted octanol–water partition coefficient (Wildman–Crippen LogP) is 4.67. The molecule has 0 saturated heterocycles. The van der Waals surface area contributed by atoms with Gasteiger partial charge in [-0.1, -0.05) is 12.1 Å². The van der Waals surface area contributed by atoms with Gasteiger partial charge in [-0.3, -0.25) is 9.59 Å². The molecular weight excluding hydrogens is 420 g/mol. The molecule has 0 saturated carbocycles. The summed E-state index contributed by atoms with van der Waals surface area (Å²) in [5.41, 5.74) is 1.55. The summed E-state index contributed by atoms with van der Waals surface area (Å²) in [6.45, 7) is 1.54. The Hall–Kier alpha value is -0.980. The summed E-state index contributed by atoms with van der Waals surface area (Å²) in [4.78, 5) is 23.1. The van der Waals surface area contributed by atoms with Gasteiger partial charge in [-0.15, -0.1) is 11.3 Å². The molecule has 0 atom stereocenters. The van der Waals surface area contributed by atoms with Gasteiger partial charge in [-0.2, -0.15) is 0 Å². The molecule has 0 spiro atoms. The number of rotatable bonds is 6. The van der Waals surface area contributed by atoms with E-state index in [1.54, 1.807) is 25.1 Å². The predicted molar refractivity (Wildman–Crippen MR) is 90.4 cm³/mol. The Labute approximate surface area is 143 Å². The van der Waals surface area contributed by atoms with Crippen LogP contribution in [0, 0.1) is 0 Å². The average Bonchev–Trinajstić information content (AvgIpc) is 2.76. The molecule has 0 amide bonds. The van der Waals surface area contributed by atoms with E-state index in [2.05, 4.69) is 31.9 Å². The largest absolute Gasteiger partial charge is 0.485 e. The normalized spacial score (nSPS) is 10.4. The average molecular weight is 432 g/mol. The number of benzene rings is 1. The fourth-order valence-corrected chi connectivity index (χ4v) is 4.60. The molecule has 0 bridgehead atoms. The third-order valence-electron chi connectivity index (χ3n) is 2.70. The minimum Gasteiger partial charge on any atom is -0.485 e. The lowest BCUT2D eigenvalue weighted by Gasteiger charge is -2.06. The fraction of sp³-hybridized carbons (Fsp3) is 0.200. The Kier molecular flexibility index (Phi) is 5.72. The zero-order chi connectivity index (χ0) is 15.4. The smallest absolute Gasteiger partial charge is 0.202 e. The van der Waals surface area contributed by atoms with Crippen LogP contribution >= 0.6 is 43.2 Å². The molecule has 0 fully saturated rings. The Bertz CT molecular complexity index is 662. The molecule has 1 aromatic heterocycles. The number of ketones is 2. The Balaban J connectivity index is 1.95. The second kappa shape index (κ2) is 7.33. The van der Waals surface area contributed by atoms with Crippen molar-refractivity contribution in [2.24, 2.45) is 0 Å². The number of hydrogen-bond acceptors (Lipinski definition) is 4. The molecule has 0 radical (unpaired) electrons. The number of ether oxygens (including phenoxy) is 1. The summed E-state index contributed by atoms with van der Waals surface area (Å²) in [5.74, 6) is 0.643. The van der Waals surface area contributed by atoms with E-state index >= 15 is 0 Å². The highest BCUT2D eigenvalue weighted by atomic mass is 79.9. The summed E-state index contributed by atoms with van der Waals surface area (Å²) in [7, 11) is 0. The van der Waals surface area contributed by atoms with Crippen LogP contribution < -0.4 is 4.74 Å². The van der Waals surface area contributed by atoms with E-state index in [-0.39, 0.29) is 18.2 Å². The zero-order valence-electron chi connectivity index (χ0n) is 11.2. The number of carbonyl (C=O) groups excluding carboxylic acids is 2. The maximum absolute atomic E-state index is 12.1. The molecule has 3 nitrogen and oxygen atoms in total. The van der Waals surface area contributed by atoms with Crippen molar-refractivity contribution >= 4 is 54.8 Å². The van der Waals surface area contributed by atoms with E-state index in [4.69, 9.17) is 4.74 Å². The van der Waals surface area contributed by atoms with Gasteiger partial charge in [-0.05, 0) is 62.5 Å². The Morgan fingerprint density at radius 1 is 1.19 bits per heavy atom. The van der Waals surface area contributed by atoms with Crippen molar-refractivity contribution in [1.82, 2.24) is 0 Å². The lowest BCUT2D eigenvalue weighted by Crippen LogP contribution is -2.11. The Morgan fingerprint density at radius 3 is 2.38 bits per heavy atom. The van der Waals surface area contributed by atoms with Crippen LogP contribution in [0.3, 0.4) is 0 Å². The molecule has 1 heterocycles. The van der Waals surface area contributed by atoms with Crippen LogP contribution in [0.25, 0.3) is 0 Å². The third kappa shape index (κ3) is 4.76. The van der Waals surface area contributed by atoms with Gasteiger partial charge in [0.05, 0.1) is 7.57 Å². The van der Waals surface area contributed by atoms with Crippen molar-refractivity contribution in [3.05, 3.63) is 49.0 Å². The van der Waals surface area contributed by atoms with Crippen molar-refractivity contribution in [2.75, 3.05) is 6.61 Å². The SMILES string of the molecule is CC(=O)Cc1ccc(OCC(=O)c2cc(Br)sc2Br)cc1. The molecule has 0 aliphatic heterocycles. The monoisotopic (exact) mass is 430 g/mol. The number of halogens is 2. The first-order valence-corrected chi connectivity index (χ1v) is 8.55. The second-order valence-corrected chi connectivity index (χ2v) is 8.22. The number of Topliss-reactive ketones (excluding diaryl/α,β-unsaturated/α-hetero) is 2. The summed E-state index contributed by atoms with van der Waals surface area (Å²) in [5, 5.41) is 0. The minimum absolute atomic E-state index is 0.0200. The quantitative estimate of drug-likeness (QED) is 0.624. The molecule has 2 rings (SSSR count). The lowest BCUT2D eigenvalue weighted by molar-refractivity contribution is -0.116. The van der Waals surface area contributed by atoms with Crippen molar-refractivity contribution in [3.8, 4) is 5.75 Å². The summed E-state index contributed by atoms with van der Waals surface area (Å²) < 4.78 is 7.17. The van der Waals surface area contributed by atoms with E-state index in [1.165, 1.54) is 11.3 Å². The molecule has 0 aliphatic rings. The molecule has 0 unspecified atom stereocenters. The van der Waals surface area contributed by atoms with Crippen LogP contribution in [0.1, 0.15) is 22.8 Å². The minimum atomic E-state index is -0.0864. The van der Waals surface area contributed by atoms with Gasteiger partial charge >= 0.3 is 0 Å². The van der Waals surface area contributed by atoms with Crippen molar-refractivity contribution in [1.29, 1.82) is 0 Å². The van der Waals surface area contributed by atoms with Crippen molar-refractivity contribution < 1.29 is 14.3 Å². The maximum Gasteiger partial charge on any atom is 0.202 e. The number of carbonyl (C=O) groups is 2. The summed E-state index contributed by atoms with van der Waals surface area (Å²) in [6, 6.07) is 8.97. The standard InChI is InChI=1S/C15H12Br2O3S/c1-9(18)6-10-2-4-11(5-3-10)20-8-13(19)12-7-14(16)21-15(12)17/h2-5,7H,6,8H2,1H3. The van der Waals surface area contributed by atoms with Gasteiger partial charge in [0.2, 0.25) is 5.78 Å². The molecule has 1 aromatic carbocycles. The third-order valence-corrected chi connectivity index (χ3v) is 5.04. The van der Waals surface area contributed by atoms with Gasteiger partial charge in [0.15, 0.2) is 6.61 Å². The molecule has 0 aliphatic carbocycles. The van der Waals surface area contributed by atoms with E-state index in [0.29, 0.717) is 17.7 Å². The lowest BCUT2D eigenvalue weighted by atomic mass is 10.1. The van der Waals surface area contributed by atoms with Crippen molar-refractivity contribution in [2.45, 2.75) is 13.3 Å². The van der Waals surface area contributed by atoms with Gasteiger partial charge < -0.3 is 4.74 Å². The molecular formula is C15H12Br2O3S. The van der Waals surface area contributed by atoms with Gasteiger partial charge in [0.25, 0.3) is 0 Å². The highest BCUT2D eigenvalue weighted by molar-refractivity contribution is 9.12. The molecule has 2 aromatic rings. The maximum atomic E-state index is 12.1. The van der Waals surface area contributed by atoms with Gasteiger partial charge in [0, 0.05) is 12.0 Å². The molecule has 21 heavy (non-hydrogen) atoms. The van der Waals surface area contributed by atoms with Gasteiger partial charge in [-0.25, -0.2) is 0 Å². The summed E-state index contributed by atoms with van der Waals surface area (Å²) >= 11 is 8.15. The Morgan fingerprint density at radius 2 is 1.86 bits per heavy atom. The highest BCUT2D eigenvalue weighted by Crippen LogP contribution is 2.32. The first-order chi connectivity index (χ1) is 9.95. The first-order valence-electron chi connectivity index (χ1n) is 6.15. The van der Waals surface area contributed by atoms with Crippen LogP contribution in [0.4, 0.5) is 0 Å². The van der Waals surface area contributed by atoms with Crippen LogP contribution in [-0.4, -0.2) is 18.2 Å². The molecule has 6 heteroatoms. The molecule has 0 N–H and O–H groups in total. The second-order valence-electron chi connectivity index (χ2n) is 4.47. The van der Waals surface area contributed by atoms with E-state index in [0.717, 1.165) is 13.1 Å². The van der Waals surface area contributed by atoms with Crippen LogP contribution in [-0.2, 0) is 11.2 Å². The van der Waals surface area contributed by atoms with Crippen LogP contribution in [0.5, 0.6) is 5.75 Å². The topological polar surface area (TPSA) is 43.4 Å². The van der Waals surface area contributed by atoms with Crippen LogP contribution in [0.15, 0.2) is 37.9 Å². The van der Waals surface area contributed by atoms with E-state index in [1.807, 2.05) is 12.1 Å². The zero-order valence-corrected chi connectivity index (χ0v) is 15.2.